The number of benzene rings is 1. The highest BCUT2D eigenvalue weighted by atomic mass is 35.5. The number of nitriles is 1. The molecule has 0 aliphatic heterocycles. The van der Waals surface area contributed by atoms with Crippen molar-refractivity contribution in [1.29, 1.82) is 5.26 Å². The number of halogens is 1. The first kappa shape index (κ1) is 17.4. The van der Waals surface area contributed by atoms with Gasteiger partial charge in [0, 0.05) is 17.7 Å². The van der Waals surface area contributed by atoms with Crippen molar-refractivity contribution in [1.82, 2.24) is 4.31 Å². The average Bonchev–Trinajstić information content (AvgIpc) is 2.37. The van der Waals surface area contributed by atoms with Crippen LogP contribution < -0.4 is 0 Å². The zero-order valence-electron chi connectivity index (χ0n) is 11.7. The molecule has 21 heavy (non-hydrogen) atoms. The number of hydrogen-bond acceptors (Lipinski definition) is 5. The molecule has 0 atom stereocenters. The summed E-state index contributed by atoms with van der Waals surface area (Å²) < 4.78 is 25.9. The van der Waals surface area contributed by atoms with Gasteiger partial charge in [0.1, 0.15) is 6.54 Å². The summed E-state index contributed by atoms with van der Waals surface area (Å²) in [5.74, 6) is 0. The Morgan fingerprint density at radius 3 is 2.48 bits per heavy atom. The predicted molar refractivity (Wildman–Crippen MR) is 77.5 cm³/mol. The third-order valence-electron chi connectivity index (χ3n) is 2.90. The number of sulfonamides is 1. The normalized spacial score (nSPS) is 11.7. The minimum atomic E-state index is -4.04. The van der Waals surface area contributed by atoms with Gasteiger partial charge in [0.25, 0.3) is 5.69 Å². The minimum absolute atomic E-state index is 0.0107. The molecule has 0 fully saturated rings. The third-order valence-corrected chi connectivity index (χ3v) is 5.29. The Labute approximate surface area is 127 Å². The molecule has 0 radical (unpaired) electrons. The van der Waals surface area contributed by atoms with Gasteiger partial charge in [-0.3, -0.25) is 10.1 Å². The van der Waals surface area contributed by atoms with Crippen LogP contribution in [0.1, 0.15) is 19.4 Å². The van der Waals surface area contributed by atoms with Gasteiger partial charge in [-0.25, -0.2) is 8.42 Å². The molecule has 0 spiro atoms. The van der Waals surface area contributed by atoms with Crippen LogP contribution in [0.15, 0.2) is 17.0 Å². The fourth-order valence-electron chi connectivity index (χ4n) is 1.73. The predicted octanol–water partition coefficient (Wildman–Crippen LogP) is 2.48. The van der Waals surface area contributed by atoms with Crippen LogP contribution in [0.2, 0.25) is 5.02 Å². The molecule has 0 N–H and O–H groups in total. The first-order valence-corrected chi connectivity index (χ1v) is 7.78. The smallest absolute Gasteiger partial charge is 0.258 e. The summed E-state index contributed by atoms with van der Waals surface area (Å²) in [7, 11) is -4.04. The van der Waals surface area contributed by atoms with Gasteiger partial charge in [-0.15, -0.1) is 0 Å². The van der Waals surface area contributed by atoms with E-state index in [0.29, 0.717) is 0 Å². The van der Waals surface area contributed by atoms with Crippen LogP contribution in [0.4, 0.5) is 5.69 Å². The molecule has 114 valence electrons. The molecule has 9 heteroatoms. The molecule has 0 amide bonds. The van der Waals surface area contributed by atoms with Gasteiger partial charge in [-0.05, 0) is 26.8 Å². The summed E-state index contributed by atoms with van der Waals surface area (Å²) in [5.41, 5.74) is -0.182. The average molecular weight is 332 g/mol. The first-order chi connectivity index (χ1) is 9.62. The summed E-state index contributed by atoms with van der Waals surface area (Å²) in [4.78, 5) is 9.98. The molecule has 1 aromatic carbocycles. The monoisotopic (exact) mass is 331 g/mol. The molecule has 0 saturated carbocycles. The van der Waals surface area contributed by atoms with Crippen molar-refractivity contribution < 1.29 is 13.3 Å². The summed E-state index contributed by atoms with van der Waals surface area (Å²) in [6.07, 6.45) is 0. The molecule has 0 unspecified atom stereocenters. The van der Waals surface area contributed by atoms with E-state index in [1.54, 1.807) is 19.9 Å². The second kappa shape index (κ2) is 6.39. The topological polar surface area (TPSA) is 104 Å². The molecular weight excluding hydrogens is 318 g/mol. The van der Waals surface area contributed by atoms with E-state index in [0.717, 1.165) is 16.4 Å². The quantitative estimate of drug-likeness (QED) is 0.468. The van der Waals surface area contributed by atoms with Crippen LogP contribution >= 0.6 is 11.6 Å². The van der Waals surface area contributed by atoms with Crippen molar-refractivity contribution in [3.05, 3.63) is 32.8 Å². The van der Waals surface area contributed by atoms with Gasteiger partial charge in [0.15, 0.2) is 0 Å². The second-order valence-corrected chi connectivity index (χ2v) is 6.91. The largest absolute Gasteiger partial charge is 0.275 e. The number of rotatable bonds is 5. The molecule has 1 aromatic rings. The molecule has 7 nitrogen and oxygen atoms in total. The van der Waals surface area contributed by atoms with Crippen LogP contribution in [0.25, 0.3) is 0 Å². The third kappa shape index (κ3) is 3.50. The Kier molecular flexibility index (Phi) is 5.28. The molecule has 0 aliphatic rings. The van der Waals surface area contributed by atoms with E-state index in [2.05, 4.69) is 0 Å². The van der Waals surface area contributed by atoms with E-state index < -0.39 is 21.0 Å². The SMILES string of the molecule is Cc1c(Cl)cc(S(=O)(=O)N(CC#N)C(C)C)cc1[N+](=O)[O-]. The number of nitro groups is 1. The maximum absolute atomic E-state index is 12.5. The van der Waals surface area contributed by atoms with Crippen molar-refractivity contribution in [2.45, 2.75) is 31.7 Å². The molecule has 1 rings (SSSR count). The lowest BCUT2D eigenvalue weighted by Gasteiger charge is -2.23. The lowest BCUT2D eigenvalue weighted by molar-refractivity contribution is -0.385. The number of hydrogen-bond donors (Lipinski definition) is 0. The molecule has 0 bridgehead atoms. The highest BCUT2D eigenvalue weighted by molar-refractivity contribution is 7.89. The van der Waals surface area contributed by atoms with Crippen LogP contribution in [0, 0.1) is 28.4 Å². The van der Waals surface area contributed by atoms with Crippen LogP contribution in [-0.4, -0.2) is 30.2 Å². The zero-order chi connectivity index (χ0) is 16.4. The maximum atomic E-state index is 12.5. The summed E-state index contributed by atoms with van der Waals surface area (Å²) in [6.45, 7) is 4.31. The molecule has 0 aliphatic carbocycles. The lowest BCUT2D eigenvalue weighted by Crippen LogP contribution is -2.37. The van der Waals surface area contributed by atoms with Gasteiger partial charge in [0.2, 0.25) is 10.0 Å². The van der Waals surface area contributed by atoms with E-state index in [1.165, 1.54) is 6.92 Å². The van der Waals surface area contributed by atoms with E-state index in [4.69, 9.17) is 16.9 Å². The molecular formula is C12H14ClN3O4S. The number of nitro benzene ring substituents is 1. The maximum Gasteiger partial charge on any atom is 0.275 e. The van der Waals surface area contributed by atoms with Crippen molar-refractivity contribution >= 4 is 27.3 Å². The highest BCUT2D eigenvalue weighted by Crippen LogP contribution is 2.31. The molecule has 0 aromatic heterocycles. The Morgan fingerprint density at radius 2 is 2.05 bits per heavy atom. The van der Waals surface area contributed by atoms with Gasteiger partial charge in [-0.1, -0.05) is 11.6 Å². The van der Waals surface area contributed by atoms with Gasteiger partial charge >= 0.3 is 0 Å². The molecule has 0 saturated heterocycles. The van der Waals surface area contributed by atoms with Crippen molar-refractivity contribution in [2.75, 3.05) is 6.54 Å². The number of nitrogens with zero attached hydrogens (tertiary/aromatic N) is 3. The summed E-state index contributed by atoms with van der Waals surface area (Å²) in [6, 6.07) is 3.42. The van der Waals surface area contributed by atoms with Gasteiger partial charge < -0.3 is 0 Å². The van der Waals surface area contributed by atoms with E-state index in [1.807, 2.05) is 0 Å². The van der Waals surface area contributed by atoms with Crippen LogP contribution in [0.5, 0.6) is 0 Å². The lowest BCUT2D eigenvalue weighted by atomic mass is 10.2. The van der Waals surface area contributed by atoms with Crippen molar-refractivity contribution in [2.24, 2.45) is 0 Å². The van der Waals surface area contributed by atoms with E-state index in [9.17, 15) is 18.5 Å². The summed E-state index contributed by atoms with van der Waals surface area (Å²) >= 11 is 5.88. The Morgan fingerprint density at radius 1 is 1.48 bits per heavy atom. The standard InChI is InChI=1S/C12H14ClN3O4S/c1-8(2)15(5-4-14)21(19,20)10-6-11(13)9(3)12(7-10)16(17)18/h6-8H,5H2,1-3H3. The van der Waals surface area contributed by atoms with Crippen molar-refractivity contribution in [3.63, 3.8) is 0 Å². The first-order valence-electron chi connectivity index (χ1n) is 5.96. The Bertz CT molecular complexity index is 710. The highest BCUT2D eigenvalue weighted by Gasteiger charge is 2.29. The Hall–Kier alpha value is -1.69. The Balaban J connectivity index is 3.52. The van der Waals surface area contributed by atoms with Gasteiger partial charge in [0.05, 0.1) is 20.9 Å². The van der Waals surface area contributed by atoms with Crippen molar-refractivity contribution in [3.8, 4) is 6.07 Å². The van der Waals surface area contributed by atoms with E-state index >= 15 is 0 Å². The second-order valence-electron chi connectivity index (χ2n) is 4.61. The minimum Gasteiger partial charge on any atom is -0.258 e. The summed E-state index contributed by atoms with van der Waals surface area (Å²) in [5, 5.41) is 19.7. The fraction of sp³-hybridized carbons (Fsp3) is 0.417. The zero-order valence-corrected chi connectivity index (χ0v) is 13.3. The van der Waals surface area contributed by atoms with Crippen LogP contribution in [0.3, 0.4) is 0 Å². The van der Waals surface area contributed by atoms with Crippen LogP contribution in [-0.2, 0) is 10.0 Å². The van der Waals surface area contributed by atoms with Gasteiger partial charge in [-0.2, -0.15) is 9.57 Å². The molecule has 0 heterocycles. The van der Waals surface area contributed by atoms with E-state index in [-0.39, 0.29) is 27.7 Å². The fourth-order valence-corrected chi connectivity index (χ4v) is 3.59.